The van der Waals surface area contributed by atoms with Crippen molar-refractivity contribution in [1.82, 2.24) is 15.0 Å². The van der Waals surface area contributed by atoms with E-state index in [9.17, 15) is 5.11 Å². The number of hydrogen-bond acceptors (Lipinski definition) is 6. The van der Waals surface area contributed by atoms with Gasteiger partial charge in [-0.15, -0.1) is 11.3 Å². The minimum Gasteiger partial charge on any atom is -0.378 e. The summed E-state index contributed by atoms with van der Waals surface area (Å²) in [5.41, 5.74) is 1.87. The predicted molar refractivity (Wildman–Crippen MR) is 114 cm³/mol. The molecule has 3 heterocycles. The van der Waals surface area contributed by atoms with Gasteiger partial charge in [-0.25, -0.2) is 9.97 Å². The summed E-state index contributed by atoms with van der Waals surface area (Å²) < 4.78 is 1.03. The molecule has 0 amide bonds. The van der Waals surface area contributed by atoms with Crippen LogP contribution in [0, 0.1) is 18.8 Å². The molecule has 0 spiro atoms. The Labute approximate surface area is 169 Å². The number of nitrogens with zero attached hydrogens (tertiary/aromatic N) is 3. The first-order valence-corrected chi connectivity index (χ1v) is 10.5. The predicted octanol–water partition coefficient (Wildman–Crippen LogP) is 4.54. The second kappa shape index (κ2) is 7.50. The summed E-state index contributed by atoms with van der Waals surface area (Å²) >= 11 is 1.59. The normalized spacial score (nSPS) is 14.9. The molecule has 144 valence electrons. The number of aryl methyl sites for hydroxylation is 1. The van der Waals surface area contributed by atoms with Crippen molar-refractivity contribution < 1.29 is 5.11 Å². The fraction of sp³-hybridized carbons (Fsp3) is 0.409. The summed E-state index contributed by atoms with van der Waals surface area (Å²) in [4.78, 5) is 14.7. The van der Waals surface area contributed by atoms with Crippen LogP contribution in [0.15, 0.2) is 24.5 Å². The van der Waals surface area contributed by atoms with Crippen LogP contribution in [0.1, 0.15) is 50.0 Å². The van der Waals surface area contributed by atoms with Crippen molar-refractivity contribution in [3.63, 3.8) is 0 Å². The maximum absolute atomic E-state index is 9.97. The van der Waals surface area contributed by atoms with Crippen molar-refractivity contribution in [2.45, 2.75) is 58.1 Å². The van der Waals surface area contributed by atoms with Gasteiger partial charge in [0.15, 0.2) is 5.82 Å². The Morgan fingerprint density at radius 3 is 2.57 bits per heavy atom. The Morgan fingerprint density at radius 1 is 1.18 bits per heavy atom. The first-order chi connectivity index (χ1) is 13.4. The van der Waals surface area contributed by atoms with Crippen LogP contribution in [-0.2, 0) is 0 Å². The van der Waals surface area contributed by atoms with E-state index in [2.05, 4.69) is 22.1 Å². The maximum atomic E-state index is 9.97. The van der Waals surface area contributed by atoms with Crippen molar-refractivity contribution in [2.24, 2.45) is 0 Å². The Bertz CT molecular complexity index is 1050. The number of hydrogen-bond donors (Lipinski definition) is 2. The van der Waals surface area contributed by atoms with E-state index < -0.39 is 5.60 Å². The lowest BCUT2D eigenvalue weighted by Crippen LogP contribution is -2.16. The summed E-state index contributed by atoms with van der Waals surface area (Å²) in [7, 11) is 0. The number of pyridine rings is 1. The van der Waals surface area contributed by atoms with Gasteiger partial charge in [-0.05, 0) is 45.7 Å². The molecule has 0 bridgehead atoms. The lowest BCUT2D eigenvalue weighted by Gasteiger charge is -2.14. The van der Waals surface area contributed by atoms with Gasteiger partial charge < -0.3 is 10.4 Å². The third-order valence-electron chi connectivity index (χ3n) is 4.88. The fourth-order valence-corrected chi connectivity index (χ4v) is 4.46. The average Bonchev–Trinajstić information content (AvgIpc) is 3.29. The van der Waals surface area contributed by atoms with Gasteiger partial charge in [0.1, 0.15) is 11.4 Å². The van der Waals surface area contributed by atoms with Gasteiger partial charge in [0.05, 0.1) is 15.1 Å². The highest BCUT2D eigenvalue weighted by atomic mass is 32.1. The molecule has 4 rings (SSSR count). The molecule has 0 aliphatic heterocycles. The fourth-order valence-electron chi connectivity index (χ4n) is 3.41. The number of rotatable bonds is 3. The molecule has 1 aliphatic rings. The van der Waals surface area contributed by atoms with Crippen LogP contribution >= 0.6 is 11.3 Å². The SMILES string of the molecule is Cc1c(C#CC(C)(C)O)sc2c(NC3CCCC3)nc(-c3ccncc3)nc12. The largest absolute Gasteiger partial charge is 0.378 e. The van der Waals surface area contributed by atoms with E-state index in [4.69, 9.17) is 9.97 Å². The van der Waals surface area contributed by atoms with E-state index in [0.29, 0.717) is 11.9 Å². The molecule has 0 saturated heterocycles. The number of thiophene rings is 1. The zero-order valence-corrected chi connectivity index (χ0v) is 17.2. The molecule has 1 fully saturated rings. The Morgan fingerprint density at radius 2 is 1.89 bits per heavy atom. The third kappa shape index (κ3) is 4.01. The van der Waals surface area contributed by atoms with Gasteiger partial charge in [0.25, 0.3) is 0 Å². The summed E-state index contributed by atoms with van der Waals surface area (Å²) in [5, 5.41) is 13.6. The number of anilines is 1. The Balaban J connectivity index is 1.86. The molecule has 0 aromatic carbocycles. The highest BCUT2D eigenvalue weighted by Crippen LogP contribution is 2.36. The van der Waals surface area contributed by atoms with Crippen LogP contribution in [0.2, 0.25) is 0 Å². The van der Waals surface area contributed by atoms with E-state index in [1.807, 2.05) is 19.1 Å². The second-order valence-corrected chi connectivity index (χ2v) is 8.82. The zero-order valence-electron chi connectivity index (χ0n) is 16.4. The van der Waals surface area contributed by atoms with E-state index in [1.165, 1.54) is 25.7 Å². The van der Waals surface area contributed by atoms with Gasteiger partial charge in [-0.3, -0.25) is 4.98 Å². The summed E-state index contributed by atoms with van der Waals surface area (Å²) in [6.07, 6.45) is 8.38. The van der Waals surface area contributed by atoms with Crippen LogP contribution in [-0.4, -0.2) is 31.7 Å². The molecule has 6 heteroatoms. The molecule has 3 aromatic heterocycles. The third-order valence-corrected chi connectivity index (χ3v) is 6.09. The molecule has 3 aromatic rings. The van der Waals surface area contributed by atoms with E-state index in [1.54, 1.807) is 37.6 Å². The van der Waals surface area contributed by atoms with Crippen molar-refractivity contribution >= 4 is 27.4 Å². The molecule has 0 radical (unpaired) electrons. The summed E-state index contributed by atoms with van der Waals surface area (Å²) in [6.45, 7) is 5.42. The zero-order chi connectivity index (χ0) is 19.7. The highest BCUT2D eigenvalue weighted by molar-refractivity contribution is 7.20. The summed E-state index contributed by atoms with van der Waals surface area (Å²) in [6, 6.07) is 4.31. The molecule has 0 unspecified atom stereocenters. The van der Waals surface area contributed by atoms with Crippen molar-refractivity contribution in [1.29, 1.82) is 0 Å². The average molecular weight is 393 g/mol. The molecule has 5 nitrogen and oxygen atoms in total. The van der Waals surface area contributed by atoms with Crippen LogP contribution in [0.4, 0.5) is 5.82 Å². The minimum absolute atomic E-state index is 0.455. The Kier molecular flexibility index (Phi) is 5.05. The lowest BCUT2D eigenvalue weighted by atomic mass is 10.1. The van der Waals surface area contributed by atoms with Crippen LogP contribution in [0.3, 0.4) is 0 Å². The van der Waals surface area contributed by atoms with Gasteiger partial charge >= 0.3 is 0 Å². The number of aliphatic hydroxyl groups is 1. The topological polar surface area (TPSA) is 70.9 Å². The second-order valence-electron chi connectivity index (χ2n) is 7.80. The number of nitrogens with one attached hydrogen (secondary N) is 1. The van der Waals surface area contributed by atoms with Crippen LogP contribution in [0.5, 0.6) is 0 Å². The molecule has 28 heavy (non-hydrogen) atoms. The van der Waals surface area contributed by atoms with Gasteiger partial charge in [-0.1, -0.05) is 24.7 Å². The number of aromatic nitrogens is 3. The van der Waals surface area contributed by atoms with Gasteiger partial charge in [-0.2, -0.15) is 0 Å². The van der Waals surface area contributed by atoms with Crippen molar-refractivity contribution in [3.05, 3.63) is 35.0 Å². The van der Waals surface area contributed by atoms with E-state index >= 15 is 0 Å². The molecular formula is C22H24N4OS. The first-order valence-electron chi connectivity index (χ1n) is 9.64. The molecular weight excluding hydrogens is 368 g/mol. The van der Waals surface area contributed by atoms with Crippen molar-refractivity contribution in [2.75, 3.05) is 5.32 Å². The monoisotopic (exact) mass is 392 g/mol. The van der Waals surface area contributed by atoms with E-state index in [-0.39, 0.29) is 0 Å². The smallest absolute Gasteiger partial charge is 0.162 e. The first kappa shape index (κ1) is 18.9. The molecule has 0 atom stereocenters. The van der Waals surface area contributed by atoms with Crippen LogP contribution in [0.25, 0.3) is 21.6 Å². The van der Waals surface area contributed by atoms with E-state index in [0.717, 1.165) is 32.0 Å². The lowest BCUT2D eigenvalue weighted by molar-refractivity contribution is 0.143. The highest BCUT2D eigenvalue weighted by Gasteiger charge is 2.21. The number of fused-ring (bicyclic) bond motifs is 1. The molecule has 1 aliphatic carbocycles. The van der Waals surface area contributed by atoms with Crippen LogP contribution < -0.4 is 5.32 Å². The standard InChI is InChI=1S/C22H24N4OS/c1-14-17(8-11-22(2,3)27)28-19-18(14)25-20(15-9-12-23-13-10-15)26-21(19)24-16-6-4-5-7-16/h9-10,12-13,16,27H,4-7H2,1-3H3,(H,24,25,26). The minimum atomic E-state index is -1.03. The van der Waals surface area contributed by atoms with Crippen molar-refractivity contribution in [3.8, 4) is 23.2 Å². The quantitative estimate of drug-likeness (QED) is 0.641. The molecule has 1 saturated carbocycles. The van der Waals surface area contributed by atoms with Gasteiger partial charge in [0, 0.05) is 29.6 Å². The maximum Gasteiger partial charge on any atom is 0.162 e. The summed E-state index contributed by atoms with van der Waals surface area (Å²) in [5.74, 6) is 7.63. The van der Waals surface area contributed by atoms with Gasteiger partial charge in [0.2, 0.25) is 0 Å². The molecule has 2 N–H and O–H groups in total. The Hall–Kier alpha value is -2.49.